The molecule has 5 heteroatoms. The van der Waals surface area contributed by atoms with Crippen molar-refractivity contribution < 1.29 is 19.0 Å². The number of rotatable bonds is 11. The summed E-state index contributed by atoms with van der Waals surface area (Å²) >= 11 is 0. The summed E-state index contributed by atoms with van der Waals surface area (Å²) in [5.41, 5.74) is 1.11. The Morgan fingerprint density at radius 1 is 1.10 bits per heavy atom. The molecule has 0 aliphatic heterocycles. The molecule has 0 unspecified atom stereocenters. The van der Waals surface area contributed by atoms with E-state index in [4.69, 9.17) is 13.9 Å². The van der Waals surface area contributed by atoms with Crippen molar-refractivity contribution in [1.29, 1.82) is 0 Å². The summed E-state index contributed by atoms with van der Waals surface area (Å²) in [7, 11) is -0.315. The maximum absolute atomic E-state index is 10.6. The minimum absolute atomic E-state index is 0.0140. The Hall–Kier alpha value is -1.14. The first kappa shape index (κ1) is 25.9. The molecule has 4 atom stereocenters. The lowest BCUT2D eigenvalue weighted by Gasteiger charge is -2.43. The topological polar surface area (TPSA) is 47.9 Å². The smallest absolute Gasteiger partial charge is 0.192 e. The highest BCUT2D eigenvalue weighted by Crippen LogP contribution is 2.39. The van der Waals surface area contributed by atoms with Crippen LogP contribution in [0.3, 0.4) is 0 Å². The molecule has 0 aliphatic carbocycles. The van der Waals surface area contributed by atoms with Crippen LogP contribution in [0.15, 0.2) is 36.4 Å². The number of methoxy groups -OCH3 is 1. The molecule has 1 N–H and O–H groups in total. The molecule has 0 saturated carbocycles. The molecule has 0 aliphatic rings. The maximum atomic E-state index is 10.6. The van der Waals surface area contributed by atoms with E-state index in [-0.39, 0.29) is 23.0 Å². The zero-order valence-corrected chi connectivity index (χ0v) is 20.9. The molecule has 1 aromatic carbocycles. The average molecular weight is 423 g/mol. The van der Waals surface area contributed by atoms with Gasteiger partial charge in [-0.1, -0.05) is 58.9 Å². The van der Waals surface area contributed by atoms with Gasteiger partial charge in [-0.3, -0.25) is 0 Å². The third kappa shape index (κ3) is 7.89. The van der Waals surface area contributed by atoms with E-state index in [0.29, 0.717) is 13.2 Å². The molecule has 166 valence electrons. The van der Waals surface area contributed by atoms with E-state index < -0.39 is 14.4 Å². The molecule has 1 aromatic rings. The van der Waals surface area contributed by atoms with E-state index in [9.17, 15) is 5.11 Å². The van der Waals surface area contributed by atoms with Crippen LogP contribution in [0.4, 0.5) is 0 Å². The fraction of sp³-hybridized carbons (Fsp3) is 0.667. The van der Waals surface area contributed by atoms with Gasteiger partial charge in [0, 0.05) is 11.8 Å². The lowest BCUT2D eigenvalue weighted by atomic mass is 9.89. The van der Waals surface area contributed by atoms with Gasteiger partial charge in [-0.25, -0.2) is 0 Å². The highest BCUT2D eigenvalue weighted by atomic mass is 28.4. The van der Waals surface area contributed by atoms with Gasteiger partial charge >= 0.3 is 0 Å². The molecule has 0 bridgehead atoms. The molecule has 0 aromatic heterocycles. The maximum Gasteiger partial charge on any atom is 0.192 e. The SMILES string of the molecule is C/C=C/[C@@H](O)[C@H](C)[C@H](O[Si](C)(C)C(C)(C)C)[C@H](C)COCc1ccc(OC)cc1. The van der Waals surface area contributed by atoms with Crippen LogP contribution in [0.25, 0.3) is 0 Å². The number of benzene rings is 1. The summed E-state index contributed by atoms with van der Waals surface area (Å²) < 4.78 is 18.0. The minimum Gasteiger partial charge on any atom is -0.497 e. The van der Waals surface area contributed by atoms with Crippen LogP contribution in [0.5, 0.6) is 5.75 Å². The molecular formula is C24H42O4Si. The molecular weight excluding hydrogens is 380 g/mol. The Morgan fingerprint density at radius 2 is 1.69 bits per heavy atom. The van der Waals surface area contributed by atoms with Crippen LogP contribution in [-0.4, -0.2) is 39.3 Å². The van der Waals surface area contributed by atoms with Crippen LogP contribution in [-0.2, 0) is 15.8 Å². The van der Waals surface area contributed by atoms with Crippen LogP contribution in [0, 0.1) is 11.8 Å². The molecule has 0 saturated heterocycles. The average Bonchev–Trinajstić information content (AvgIpc) is 2.65. The van der Waals surface area contributed by atoms with E-state index in [1.165, 1.54) is 0 Å². The summed E-state index contributed by atoms with van der Waals surface area (Å²) in [5, 5.41) is 10.7. The second-order valence-electron chi connectivity index (χ2n) is 9.56. The van der Waals surface area contributed by atoms with E-state index in [1.54, 1.807) is 7.11 Å². The third-order valence-electron chi connectivity index (χ3n) is 6.05. The van der Waals surface area contributed by atoms with E-state index in [0.717, 1.165) is 11.3 Å². The van der Waals surface area contributed by atoms with Crippen molar-refractivity contribution in [3.05, 3.63) is 42.0 Å². The van der Waals surface area contributed by atoms with Gasteiger partial charge in [0.15, 0.2) is 8.32 Å². The van der Waals surface area contributed by atoms with E-state index >= 15 is 0 Å². The van der Waals surface area contributed by atoms with Crippen molar-refractivity contribution in [2.75, 3.05) is 13.7 Å². The molecule has 0 spiro atoms. The second-order valence-corrected chi connectivity index (χ2v) is 14.3. The van der Waals surface area contributed by atoms with Gasteiger partial charge in [0.05, 0.1) is 32.5 Å². The Labute approximate surface area is 179 Å². The van der Waals surface area contributed by atoms with E-state index in [2.05, 4.69) is 47.7 Å². The Bertz CT molecular complexity index is 619. The van der Waals surface area contributed by atoms with Gasteiger partial charge in [0.25, 0.3) is 0 Å². The number of hydrogen-bond acceptors (Lipinski definition) is 4. The monoisotopic (exact) mass is 422 g/mol. The van der Waals surface area contributed by atoms with Gasteiger partial charge in [0.2, 0.25) is 0 Å². The summed E-state index contributed by atoms with van der Waals surface area (Å²) in [6.45, 7) is 18.6. The summed E-state index contributed by atoms with van der Waals surface area (Å²) in [6.07, 6.45) is 3.14. The lowest BCUT2D eigenvalue weighted by molar-refractivity contribution is -0.0161. The Kier molecular flexibility index (Phi) is 10.1. The Balaban J connectivity index is 2.84. The highest BCUT2D eigenvalue weighted by molar-refractivity contribution is 6.74. The predicted molar refractivity (Wildman–Crippen MR) is 124 cm³/mol. The van der Waals surface area contributed by atoms with E-state index in [1.807, 2.05) is 43.3 Å². The van der Waals surface area contributed by atoms with Crippen molar-refractivity contribution in [2.24, 2.45) is 11.8 Å². The summed E-state index contributed by atoms with van der Waals surface area (Å²) in [5.74, 6) is 0.994. The standard InChI is InChI=1S/C24H42O4Si/c1-10-11-22(25)19(3)23(28-29(8,9)24(4,5)6)18(2)16-27-17-20-12-14-21(26-7)15-13-20/h10-15,18-19,22-23,25H,16-17H2,1-9H3/b11-10+/t18-,19+,22-,23-/m1/s1. The third-order valence-corrected chi connectivity index (χ3v) is 10.5. The largest absolute Gasteiger partial charge is 0.497 e. The molecule has 0 fully saturated rings. The highest BCUT2D eigenvalue weighted by Gasteiger charge is 2.42. The zero-order chi connectivity index (χ0) is 22.2. The van der Waals surface area contributed by atoms with Crippen LogP contribution in [0.2, 0.25) is 18.1 Å². The zero-order valence-electron chi connectivity index (χ0n) is 19.9. The van der Waals surface area contributed by atoms with Crippen molar-refractivity contribution >= 4 is 8.32 Å². The van der Waals surface area contributed by atoms with Crippen molar-refractivity contribution in [3.63, 3.8) is 0 Å². The lowest BCUT2D eigenvalue weighted by Crippen LogP contribution is -2.49. The molecule has 1 rings (SSSR count). The first-order valence-electron chi connectivity index (χ1n) is 10.6. The second kappa shape index (κ2) is 11.3. The van der Waals surface area contributed by atoms with Crippen LogP contribution < -0.4 is 4.74 Å². The van der Waals surface area contributed by atoms with Crippen molar-refractivity contribution in [1.82, 2.24) is 0 Å². The number of ether oxygens (including phenoxy) is 2. The molecule has 0 amide bonds. The number of hydrogen-bond donors (Lipinski definition) is 1. The first-order valence-corrected chi connectivity index (χ1v) is 13.5. The number of aliphatic hydroxyl groups is 1. The minimum atomic E-state index is -1.98. The summed E-state index contributed by atoms with van der Waals surface area (Å²) in [4.78, 5) is 0. The first-order chi connectivity index (χ1) is 13.4. The predicted octanol–water partition coefficient (Wildman–Crippen LogP) is 5.81. The van der Waals surface area contributed by atoms with Gasteiger partial charge in [0.1, 0.15) is 5.75 Å². The van der Waals surface area contributed by atoms with Crippen LogP contribution in [0.1, 0.15) is 47.1 Å². The Morgan fingerprint density at radius 3 is 2.17 bits per heavy atom. The van der Waals surface area contributed by atoms with Crippen molar-refractivity contribution in [3.8, 4) is 5.75 Å². The van der Waals surface area contributed by atoms with Gasteiger partial charge in [-0.05, 0) is 42.8 Å². The van der Waals surface area contributed by atoms with Gasteiger partial charge < -0.3 is 19.0 Å². The number of allylic oxidation sites excluding steroid dienone is 1. The number of aliphatic hydroxyl groups excluding tert-OH is 1. The van der Waals surface area contributed by atoms with Crippen molar-refractivity contribution in [2.45, 2.75) is 78.5 Å². The molecule has 0 radical (unpaired) electrons. The van der Waals surface area contributed by atoms with Crippen LogP contribution >= 0.6 is 0 Å². The molecule has 4 nitrogen and oxygen atoms in total. The normalized spacial score (nSPS) is 17.2. The fourth-order valence-electron chi connectivity index (χ4n) is 3.00. The van der Waals surface area contributed by atoms with Gasteiger partial charge in [-0.2, -0.15) is 0 Å². The summed E-state index contributed by atoms with van der Waals surface area (Å²) in [6, 6.07) is 7.93. The molecule has 29 heavy (non-hydrogen) atoms. The quantitative estimate of drug-likeness (QED) is 0.361. The van der Waals surface area contributed by atoms with Gasteiger partial charge in [-0.15, -0.1) is 0 Å². The molecule has 0 heterocycles. The fourth-order valence-corrected chi connectivity index (χ4v) is 4.49.